The third kappa shape index (κ3) is 5.58. The summed E-state index contributed by atoms with van der Waals surface area (Å²) in [7, 11) is 1.33. The summed E-state index contributed by atoms with van der Waals surface area (Å²) in [6.07, 6.45) is 0.764. The summed E-state index contributed by atoms with van der Waals surface area (Å²) in [6.45, 7) is 9.51. The molecule has 0 aliphatic carbocycles. The SMILES string of the molecule is CC[C@H](C)[C@@H](NC(=O)CSc1nnc(N2CCOCC2)n1CC)C(=O)OC. The zero-order valence-corrected chi connectivity index (χ0v) is 17.3. The van der Waals surface area contributed by atoms with Crippen molar-refractivity contribution >= 4 is 29.6 Å². The average Bonchev–Trinajstić information content (AvgIpc) is 3.12. The van der Waals surface area contributed by atoms with E-state index in [1.807, 2.05) is 25.3 Å². The summed E-state index contributed by atoms with van der Waals surface area (Å²) in [5.74, 6) is 0.309. The predicted molar refractivity (Wildman–Crippen MR) is 103 cm³/mol. The van der Waals surface area contributed by atoms with Gasteiger partial charge < -0.3 is 19.7 Å². The van der Waals surface area contributed by atoms with Crippen LogP contribution >= 0.6 is 11.8 Å². The fourth-order valence-corrected chi connectivity index (χ4v) is 3.61. The molecule has 0 aromatic carbocycles. The first-order valence-electron chi connectivity index (χ1n) is 9.27. The Morgan fingerprint density at radius 3 is 2.59 bits per heavy atom. The number of amides is 1. The molecule has 9 nitrogen and oxygen atoms in total. The predicted octanol–water partition coefficient (Wildman–Crippen LogP) is 0.931. The number of esters is 1. The maximum Gasteiger partial charge on any atom is 0.328 e. The molecule has 1 aliphatic rings. The van der Waals surface area contributed by atoms with E-state index in [4.69, 9.17) is 9.47 Å². The van der Waals surface area contributed by atoms with Crippen LogP contribution in [0.4, 0.5) is 5.95 Å². The number of ether oxygens (including phenoxy) is 2. The molecule has 0 bridgehead atoms. The monoisotopic (exact) mass is 399 g/mol. The van der Waals surface area contributed by atoms with Gasteiger partial charge in [-0.1, -0.05) is 32.0 Å². The van der Waals surface area contributed by atoms with Crippen LogP contribution in [0.25, 0.3) is 0 Å². The number of thioether (sulfide) groups is 1. The minimum atomic E-state index is -0.638. The topological polar surface area (TPSA) is 98.6 Å². The number of nitrogens with zero attached hydrogens (tertiary/aromatic N) is 4. The Kier molecular flexibility index (Phi) is 8.36. The number of nitrogens with one attached hydrogen (secondary N) is 1. The Hall–Kier alpha value is -1.81. The lowest BCUT2D eigenvalue weighted by Crippen LogP contribution is -2.46. The van der Waals surface area contributed by atoms with E-state index in [9.17, 15) is 9.59 Å². The van der Waals surface area contributed by atoms with Crippen molar-refractivity contribution in [3.05, 3.63) is 0 Å². The van der Waals surface area contributed by atoms with E-state index in [0.29, 0.717) is 24.9 Å². The van der Waals surface area contributed by atoms with Crippen molar-refractivity contribution in [2.75, 3.05) is 44.1 Å². The summed E-state index contributed by atoms with van der Waals surface area (Å²) >= 11 is 1.31. The number of carbonyl (C=O) groups is 2. The van der Waals surface area contributed by atoms with Crippen LogP contribution in [0.15, 0.2) is 5.16 Å². The Balaban J connectivity index is 1.98. The molecular weight excluding hydrogens is 370 g/mol. The molecule has 2 atom stereocenters. The molecule has 1 fully saturated rings. The molecule has 0 radical (unpaired) electrons. The maximum atomic E-state index is 12.4. The minimum absolute atomic E-state index is 0.00128. The normalized spacial score (nSPS) is 16.7. The van der Waals surface area contributed by atoms with Gasteiger partial charge in [-0.15, -0.1) is 10.2 Å². The first kappa shape index (κ1) is 21.5. The van der Waals surface area contributed by atoms with Crippen LogP contribution in [0.3, 0.4) is 0 Å². The van der Waals surface area contributed by atoms with Crippen molar-refractivity contribution in [2.24, 2.45) is 5.92 Å². The molecule has 1 aliphatic heterocycles. The van der Waals surface area contributed by atoms with Gasteiger partial charge in [-0.05, 0) is 12.8 Å². The Morgan fingerprint density at radius 2 is 2.00 bits per heavy atom. The van der Waals surface area contributed by atoms with Gasteiger partial charge in [0, 0.05) is 19.6 Å². The molecule has 1 amide bonds. The Bertz CT molecular complexity index is 633. The number of carbonyl (C=O) groups excluding carboxylic acids is 2. The van der Waals surface area contributed by atoms with Gasteiger partial charge in [-0.25, -0.2) is 4.79 Å². The number of hydrogen-bond donors (Lipinski definition) is 1. The van der Waals surface area contributed by atoms with E-state index in [1.165, 1.54) is 18.9 Å². The van der Waals surface area contributed by atoms with Gasteiger partial charge in [-0.2, -0.15) is 0 Å². The molecule has 10 heteroatoms. The van der Waals surface area contributed by atoms with Gasteiger partial charge >= 0.3 is 5.97 Å². The van der Waals surface area contributed by atoms with E-state index in [0.717, 1.165) is 25.5 Å². The minimum Gasteiger partial charge on any atom is -0.467 e. The van der Waals surface area contributed by atoms with Crippen LogP contribution in [0.2, 0.25) is 0 Å². The molecule has 0 unspecified atom stereocenters. The second-order valence-electron chi connectivity index (χ2n) is 6.37. The van der Waals surface area contributed by atoms with Crippen LogP contribution in [-0.2, 0) is 25.6 Å². The second-order valence-corrected chi connectivity index (χ2v) is 7.31. The highest BCUT2D eigenvalue weighted by atomic mass is 32.2. The van der Waals surface area contributed by atoms with Gasteiger partial charge in [0.1, 0.15) is 6.04 Å². The molecule has 1 saturated heterocycles. The van der Waals surface area contributed by atoms with Crippen molar-refractivity contribution in [2.45, 2.75) is 44.9 Å². The van der Waals surface area contributed by atoms with Crippen molar-refractivity contribution in [3.8, 4) is 0 Å². The summed E-state index contributed by atoms with van der Waals surface area (Å²) in [5.41, 5.74) is 0. The van der Waals surface area contributed by atoms with Gasteiger partial charge in [-0.3, -0.25) is 9.36 Å². The molecule has 27 heavy (non-hydrogen) atoms. The number of rotatable bonds is 9. The van der Waals surface area contributed by atoms with Gasteiger partial charge in [0.15, 0.2) is 5.16 Å². The first-order chi connectivity index (χ1) is 13.0. The summed E-state index contributed by atoms with van der Waals surface area (Å²) in [6, 6.07) is -0.638. The second kappa shape index (κ2) is 10.5. The van der Waals surface area contributed by atoms with E-state index >= 15 is 0 Å². The third-order valence-electron chi connectivity index (χ3n) is 4.62. The van der Waals surface area contributed by atoms with Crippen molar-refractivity contribution in [1.82, 2.24) is 20.1 Å². The lowest BCUT2D eigenvalue weighted by Gasteiger charge is -2.27. The Labute approximate surface area is 164 Å². The molecule has 2 rings (SSSR count). The van der Waals surface area contributed by atoms with Crippen LogP contribution in [0, 0.1) is 5.92 Å². The van der Waals surface area contributed by atoms with Crippen LogP contribution < -0.4 is 10.2 Å². The number of morpholine rings is 1. The maximum absolute atomic E-state index is 12.4. The van der Waals surface area contributed by atoms with Crippen molar-refractivity contribution in [3.63, 3.8) is 0 Å². The molecule has 152 valence electrons. The van der Waals surface area contributed by atoms with Crippen molar-refractivity contribution in [1.29, 1.82) is 0 Å². The molecular formula is C17H29N5O4S. The average molecular weight is 400 g/mol. The largest absolute Gasteiger partial charge is 0.467 e. The Morgan fingerprint density at radius 1 is 1.30 bits per heavy atom. The number of hydrogen-bond acceptors (Lipinski definition) is 8. The van der Waals surface area contributed by atoms with Gasteiger partial charge in [0.05, 0.1) is 26.1 Å². The smallest absolute Gasteiger partial charge is 0.328 e. The number of aromatic nitrogens is 3. The lowest BCUT2D eigenvalue weighted by atomic mass is 9.99. The molecule has 0 saturated carbocycles. The molecule has 1 aromatic heterocycles. The van der Waals surface area contributed by atoms with Gasteiger partial charge in [0.25, 0.3) is 0 Å². The van der Waals surface area contributed by atoms with Crippen molar-refractivity contribution < 1.29 is 19.1 Å². The van der Waals surface area contributed by atoms with Gasteiger partial charge in [0.2, 0.25) is 11.9 Å². The first-order valence-corrected chi connectivity index (χ1v) is 10.3. The van der Waals surface area contributed by atoms with E-state index in [-0.39, 0.29) is 17.6 Å². The number of methoxy groups -OCH3 is 1. The number of anilines is 1. The zero-order chi connectivity index (χ0) is 19.8. The quantitative estimate of drug-likeness (QED) is 0.484. The molecule has 2 heterocycles. The van der Waals surface area contributed by atoms with Crippen LogP contribution in [0.5, 0.6) is 0 Å². The summed E-state index contributed by atoms with van der Waals surface area (Å²) < 4.78 is 12.2. The fourth-order valence-electron chi connectivity index (χ4n) is 2.80. The summed E-state index contributed by atoms with van der Waals surface area (Å²) in [5, 5.41) is 12.0. The van der Waals surface area contributed by atoms with Crippen LogP contribution in [0.1, 0.15) is 27.2 Å². The summed E-state index contributed by atoms with van der Waals surface area (Å²) in [4.78, 5) is 26.4. The van der Waals surface area contributed by atoms with Crippen LogP contribution in [-0.4, -0.2) is 71.8 Å². The molecule has 1 N–H and O–H groups in total. The highest BCUT2D eigenvalue weighted by molar-refractivity contribution is 7.99. The lowest BCUT2D eigenvalue weighted by molar-refractivity contribution is -0.146. The molecule has 0 spiro atoms. The zero-order valence-electron chi connectivity index (χ0n) is 16.4. The standard InChI is InChI=1S/C17H29N5O4S/c1-5-12(3)14(15(24)25-4)18-13(23)11-27-17-20-19-16(22(17)6-2)21-7-9-26-10-8-21/h12,14H,5-11H2,1-4H3,(H,18,23)/t12-,14+/m0/s1. The van der Waals surface area contributed by atoms with E-state index in [2.05, 4.69) is 20.4 Å². The molecule has 1 aromatic rings. The fraction of sp³-hybridized carbons (Fsp3) is 0.765. The third-order valence-corrected chi connectivity index (χ3v) is 5.59. The highest BCUT2D eigenvalue weighted by Crippen LogP contribution is 2.22. The van der Waals surface area contributed by atoms with E-state index in [1.54, 1.807) is 0 Å². The highest BCUT2D eigenvalue weighted by Gasteiger charge is 2.27. The van der Waals surface area contributed by atoms with E-state index < -0.39 is 12.0 Å².